The molecule has 0 spiro atoms. The van der Waals surface area contributed by atoms with Gasteiger partial charge in [-0.2, -0.15) is 0 Å². The van der Waals surface area contributed by atoms with Crippen LogP contribution in [-0.2, 0) is 17.6 Å². The van der Waals surface area contributed by atoms with E-state index in [1.807, 2.05) is 12.1 Å². The summed E-state index contributed by atoms with van der Waals surface area (Å²) in [6, 6.07) is 16.5. The number of likely N-dealkylation sites (N-methyl/N-ethyl adjacent to an activating group) is 1. The molecule has 0 saturated heterocycles. The summed E-state index contributed by atoms with van der Waals surface area (Å²) >= 11 is 0. The van der Waals surface area contributed by atoms with E-state index in [4.69, 9.17) is 4.74 Å². The maximum absolute atomic E-state index is 11.6. The Morgan fingerprint density at radius 1 is 1.05 bits per heavy atom. The zero-order valence-electron chi connectivity index (χ0n) is 11.5. The molecule has 102 valence electrons. The highest BCUT2D eigenvalue weighted by Gasteiger charge is 2.22. The van der Waals surface area contributed by atoms with Crippen molar-refractivity contribution >= 4 is 11.6 Å². The summed E-state index contributed by atoms with van der Waals surface area (Å²) in [4.78, 5) is 13.3. The van der Waals surface area contributed by atoms with Crippen molar-refractivity contribution in [3.8, 4) is 5.75 Å². The highest BCUT2D eigenvalue weighted by atomic mass is 16.5. The topological polar surface area (TPSA) is 29.5 Å². The van der Waals surface area contributed by atoms with E-state index < -0.39 is 0 Å². The fourth-order valence-corrected chi connectivity index (χ4v) is 2.41. The average molecular weight is 267 g/mol. The molecule has 0 aliphatic carbocycles. The molecule has 1 amide bonds. The van der Waals surface area contributed by atoms with Gasteiger partial charge in [0.15, 0.2) is 6.61 Å². The van der Waals surface area contributed by atoms with Crippen LogP contribution < -0.4 is 9.64 Å². The van der Waals surface area contributed by atoms with Gasteiger partial charge in [-0.3, -0.25) is 4.79 Å². The Hall–Kier alpha value is -2.29. The number of carbonyl (C=O) groups excluding carboxylic acids is 1. The number of rotatable bonds is 3. The average Bonchev–Trinajstić information content (AvgIpc) is 2.50. The Morgan fingerprint density at radius 2 is 1.80 bits per heavy atom. The van der Waals surface area contributed by atoms with Crippen LogP contribution in [-0.4, -0.2) is 19.6 Å². The van der Waals surface area contributed by atoms with Crippen LogP contribution in [0, 0.1) is 0 Å². The first kappa shape index (κ1) is 12.7. The fourth-order valence-electron chi connectivity index (χ4n) is 2.41. The third-order valence-corrected chi connectivity index (χ3v) is 3.66. The van der Waals surface area contributed by atoms with Crippen LogP contribution in [0.15, 0.2) is 48.5 Å². The quantitative estimate of drug-likeness (QED) is 0.856. The third kappa shape index (κ3) is 2.52. The van der Waals surface area contributed by atoms with Crippen molar-refractivity contribution in [3.63, 3.8) is 0 Å². The van der Waals surface area contributed by atoms with Gasteiger partial charge in [-0.1, -0.05) is 36.4 Å². The Morgan fingerprint density at radius 3 is 2.60 bits per heavy atom. The van der Waals surface area contributed by atoms with Crippen molar-refractivity contribution in [2.75, 3.05) is 18.6 Å². The highest BCUT2D eigenvalue weighted by Crippen LogP contribution is 2.32. The first-order valence-corrected chi connectivity index (χ1v) is 6.80. The molecule has 0 unspecified atom stereocenters. The second-order valence-electron chi connectivity index (χ2n) is 5.03. The molecule has 3 nitrogen and oxygen atoms in total. The minimum Gasteiger partial charge on any atom is -0.482 e. The number of aryl methyl sites for hydroxylation is 2. The largest absolute Gasteiger partial charge is 0.482 e. The Kier molecular flexibility index (Phi) is 3.42. The lowest BCUT2D eigenvalue weighted by molar-refractivity contribution is -0.120. The van der Waals surface area contributed by atoms with Gasteiger partial charge in [0.05, 0.1) is 5.69 Å². The third-order valence-electron chi connectivity index (χ3n) is 3.66. The number of fused-ring (bicyclic) bond motifs is 1. The zero-order valence-corrected chi connectivity index (χ0v) is 11.5. The second kappa shape index (κ2) is 5.37. The van der Waals surface area contributed by atoms with Crippen molar-refractivity contribution in [2.45, 2.75) is 12.8 Å². The van der Waals surface area contributed by atoms with Crippen molar-refractivity contribution in [3.05, 3.63) is 59.7 Å². The van der Waals surface area contributed by atoms with E-state index in [-0.39, 0.29) is 12.5 Å². The Balaban J connectivity index is 1.77. The van der Waals surface area contributed by atoms with Crippen molar-refractivity contribution < 1.29 is 9.53 Å². The minimum absolute atomic E-state index is 0.00212. The first-order valence-electron chi connectivity index (χ1n) is 6.80. The monoisotopic (exact) mass is 267 g/mol. The predicted molar refractivity (Wildman–Crippen MR) is 79.2 cm³/mol. The fraction of sp³-hybridized carbons (Fsp3) is 0.235. The predicted octanol–water partition coefficient (Wildman–Crippen LogP) is 2.83. The van der Waals surface area contributed by atoms with Gasteiger partial charge in [-0.15, -0.1) is 0 Å². The summed E-state index contributed by atoms with van der Waals surface area (Å²) in [7, 11) is 1.80. The van der Waals surface area contributed by atoms with Gasteiger partial charge in [0, 0.05) is 7.05 Å². The molecular formula is C17H17NO2. The van der Waals surface area contributed by atoms with Gasteiger partial charge in [0.2, 0.25) is 0 Å². The molecule has 2 aromatic carbocycles. The van der Waals surface area contributed by atoms with Crippen LogP contribution in [0.1, 0.15) is 11.1 Å². The molecule has 0 aromatic heterocycles. The smallest absolute Gasteiger partial charge is 0.264 e. The van der Waals surface area contributed by atoms with Gasteiger partial charge in [-0.05, 0) is 36.1 Å². The van der Waals surface area contributed by atoms with Gasteiger partial charge in [0.1, 0.15) is 5.75 Å². The van der Waals surface area contributed by atoms with Gasteiger partial charge < -0.3 is 9.64 Å². The van der Waals surface area contributed by atoms with E-state index in [1.54, 1.807) is 11.9 Å². The van der Waals surface area contributed by atoms with E-state index in [0.717, 1.165) is 24.3 Å². The Labute approximate surface area is 118 Å². The second-order valence-corrected chi connectivity index (χ2v) is 5.03. The lowest BCUT2D eigenvalue weighted by atomic mass is 10.0. The van der Waals surface area contributed by atoms with E-state index >= 15 is 0 Å². The molecule has 20 heavy (non-hydrogen) atoms. The molecular weight excluding hydrogens is 250 g/mol. The molecule has 3 rings (SSSR count). The summed E-state index contributed by atoms with van der Waals surface area (Å²) in [5.41, 5.74) is 3.41. The normalized spacial score (nSPS) is 13.8. The standard InChI is InChI=1S/C17H17NO2/c1-18-15-11-14(8-7-13-5-3-2-4-6-13)9-10-16(15)20-12-17(18)19/h2-6,9-11H,7-8,12H2,1H3. The molecule has 1 aliphatic heterocycles. The number of amides is 1. The summed E-state index contributed by atoms with van der Waals surface area (Å²) < 4.78 is 5.43. The summed E-state index contributed by atoms with van der Waals surface area (Å²) in [5.74, 6) is 0.785. The van der Waals surface area contributed by atoms with E-state index in [1.165, 1.54) is 11.1 Å². The molecule has 2 aromatic rings. The molecule has 0 atom stereocenters. The van der Waals surface area contributed by atoms with E-state index in [2.05, 4.69) is 36.4 Å². The van der Waals surface area contributed by atoms with E-state index in [9.17, 15) is 4.79 Å². The molecule has 0 saturated carbocycles. The van der Waals surface area contributed by atoms with Crippen LogP contribution >= 0.6 is 0 Å². The van der Waals surface area contributed by atoms with Crippen LogP contribution in [0.4, 0.5) is 5.69 Å². The highest BCUT2D eigenvalue weighted by molar-refractivity contribution is 5.97. The molecule has 0 radical (unpaired) electrons. The van der Waals surface area contributed by atoms with Crippen molar-refractivity contribution in [2.24, 2.45) is 0 Å². The summed E-state index contributed by atoms with van der Waals surface area (Å²) in [6.07, 6.45) is 1.96. The van der Waals surface area contributed by atoms with Crippen LogP contribution in [0.25, 0.3) is 0 Å². The van der Waals surface area contributed by atoms with Crippen LogP contribution in [0.3, 0.4) is 0 Å². The number of nitrogens with zero attached hydrogens (tertiary/aromatic N) is 1. The number of carbonyl (C=O) groups is 1. The lowest BCUT2D eigenvalue weighted by Crippen LogP contribution is -2.35. The van der Waals surface area contributed by atoms with Crippen molar-refractivity contribution in [1.82, 2.24) is 0 Å². The molecule has 1 aliphatic rings. The summed E-state index contributed by atoms with van der Waals surface area (Å²) in [6.45, 7) is 0.132. The van der Waals surface area contributed by atoms with E-state index in [0.29, 0.717) is 0 Å². The minimum atomic E-state index is -0.00212. The molecule has 3 heteroatoms. The lowest BCUT2D eigenvalue weighted by Gasteiger charge is -2.26. The van der Waals surface area contributed by atoms with Crippen LogP contribution in [0.5, 0.6) is 5.75 Å². The summed E-state index contributed by atoms with van der Waals surface area (Å²) in [5, 5.41) is 0. The van der Waals surface area contributed by atoms with Gasteiger partial charge in [-0.25, -0.2) is 0 Å². The van der Waals surface area contributed by atoms with Crippen molar-refractivity contribution in [1.29, 1.82) is 0 Å². The molecule has 1 heterocycles. The Bertz CT molecular complexity index is 622. The molecule has 0 N–H and O–H groups in total. The molecule has 0 fully saturated rings. The zero-order chi connectivity index (χ0) is 13.9. The maximum atomic E-state index is 11.6. The van der Waals surface area contributed by atoms with Crippen LogP contribution in [0.2, 0.25) is 0 Å². The maximum Gasteiger partial charge on any atom is 0.264 e. The number of hydrogen-bond acceptors (Lipinski definition) is 2. The molecule has 0 bridgehead atoms. The van der Waals surface area contributed by atoms with Gasteiger partial charge in [0.25, 0.3) is 5.91 Å². The number of benzene rings is 2. The first-order chi connectivity index (χ1) is 9.74. The number of hydrogen-bond donors (Lipinski definition) is 0. The van der Waals surface area contributed by atoms with Gasteiger partial charge >= 0.3 is 0 Å². The number of anilines is 1. The number of ether oxygens (including phenoxy) is 1. The SMILES string of the molecule is CN1C(=O)COc2ccc(CCc3ccccc3)cc21.